The van der Waals surface area contributed by atoms with Crippen molar-refractivity contribution >= 4 is 12.1 Å². The number of nitrogens with one attached hydrogen (secondary N) is 1. The van der Waals surface area contributed by atoms with Gasteiger partial charge in [0.1, 0.15) is 6.61 Å². The molecule has 2 rings (SSSR count). The summed E-state index contributed by atoms with van der Waals surface area (Å²) in [5.41, 5.74) is -2.71. The van der Waals surface area contributed by atoms with Crippen molar-refractivity contribution < 1.29 is 32.6 Å². The maximum atomic E-state index is 13.2. The van der Waals surface area contributed by atoms with Crippen LogP contribution in [0.4, 0.5) is 18.0 Å². The molecule has 1 saturated carbocycles. The van der Waals surface area contributed by atoms with Crippen molar-refractivity contribution in [2.24, 2.45) is 5.92 Å². The summed E-state index contributed by atoms with van der Waals surface area (Å²) >= 11 is 0. The van der Waals surface area contributed by atoms with Crippen LogP contribution in [0.15, 0.2) is 30.3 Å². The Balaban J connectivity index is 2.07. The van der Waals surface area contributed by atoms with E-state index in [1.54, 1.807) is 30.3 Å². The molecule has 22 heavy (non-hydrogen) atoms. The minimum atomic E-state index is -5.11. The summed E-state index contributed by atoms with van der Waals surface area (Å²) < 4.78 is 44.3. The molecule has 2 N–H and O–H groups in total. The quantitative estimate of drug-likeness (QED) is 0.875. The second-order valence-electron chi connectivity index (χ2n) is 5.07. The Morgan fingerprint density at radius 3 is 2.27 bits per heavy atom. The number of carboxylic acid groups (broad SMARTS) is 1. The van der Waals surface area contributed by atoms with Crippen LogP contribution in [-0.2, 0) is 16.1 Å². The van der Waals surface area contributed by atoms with Gasteiger partial charge in [-0.05, 0) is 18.4 Å². The Morgan fingerprint density at radius 1 is 1.23 bits per heavy atom. The molecule has 1 aliphatic rings. The Bertz CT molecular complexity index is 557. The third-order valence-electron chi connectivity index (χ3n) is 3.49. The van der Waals surface area contributed by atoms with Crippen LogP contribution < -0.4 is 5.32 Å². The van der Waals surface area contributed by atoms with Crippen LogP contribution in [0.25, 0.3) is 0 Å². The maximum absolute atomic E-state index is 13.2. The SMILES string of the molecule is O=C(NC(C(=O)O)(C1CC1)C(F)(F)F)OCc1ccccc1. The zero-order chi connectivity index (χ0) is 16.4. The highest BCUT2D eigenvalue weighted by Crippen LogP contribution is 2.48. The normalized spacial score (nSPS) is 17.4. The molecule has 0 aliphatic heterocycles. The summed E-state index contributed by atoms with van der Waals surface area (Å²) in [6.07, 6.45) is -6.34. The summed E-state index contributed by atoms with van der Waals surface area (Å²) in [5, 5.41) is 10.5. The highest BCUT2D eigenvalue weighted by molar-refractivity contribution is 5.86. The smallest absolute Gasteiger partial charge is 0.422 e. The lowest BCUT2D eigenvalue weighted by atomic mass is 9.92. The zero-order valence-electron chi connectivity index (χ0n) is 11.4. The number of carboxylic acids is 1. The van der Waals surface area contributed by atoms with Crippen molar-refractivity contribution in [1.82, 2.24) is 5.32 Å². The van der Waals surface area contributed by atoms with Gasteiger partial charge < -0.3 is 9.84 Å². The van der Waals surface area contributed by atoms with Crippen molar-refractivity contribution in [3.63, 3.8) is 0 Å². The van der Waals surface area contributed by atoms with E-state index >= 15 is 0 Å². The molecular formula is C14H14F3NO4. The van der Waals surface area contributed by atoms with Crippen molar-refractivity contribution in [2.75, 3.05) is 0 Å². The summed E-state index contributed by atoms with van der Waals surface area (Å²) in [6, 6.07) is 8.34. The molecule has 1 aliphatic carbocycles. The van der Waals surface area contributed by atoms with Crippen molar-refractivity contribution in [2.45, 2.75) is 31.2 Å². The molecule has 1 unspecified atom stereocenters. The Labute approximate surface area is 124 Å². The first kappa shape index (κ1) is 16.1. The molecule has 1 atom stereocenters. The standard InChI is InChI=1S/C14H14F3NO4/c15-14(16,17)13(11(19)20,10-6-7-10)18-12(21)22-8-9-4-2-1-3-5-9/h1-5,10H,6-8H2,(H,18,21)(H,19,20). The fourth-order valence-electron chi connectivity index (χ4n) is 2.19. The number of amides is 1. The van der Waals surface area contributed by atoms with Gasteiger partial charge in [0.2, 0.25) is 5.54 Å². The number of hydrogen-bond donors (Lipinski definition) is 2. The number of hydrogen-bond acceptors (Lipinski definition) is 3. The maximum Gasteiger partial charge on any atom is 0.422 e. The Kier molecular flexibility index (Phi) is 4.30. The van der Waals surface area contributed by atoms with E-state index in [0.29, 0.717) is 5.56 Å². The molecule has 0 radical (unpaired) electrons. The van der Waals surface area contributed by atoms with E-state index in [2.05, 4.69) is 0 Å². The molecule has 1 aromatic rings. The van der Waals surface area contributed by atoms with Crippen molar-refractivity contribution in [3.8, 4) is 0 Å². The Morgan fingerprint density at radius 2 is 1.82 bits per heavy atom. The number of ether oxygens (including phenoxy) is 1. The van der Waals surface area contributed by atoms with Gasteiger partial charge in [-0.3, -0.25) is 5.32 Å². The number of carbonyl (C=O) groups is 2. The lowest BCUT2D eigenvalue weighted by molar-refractivity contribution is -0.213. The molecule has 0 saturated heterocycles. The van der Waals surface area contributed by atoms with Gasteiger partial charge >= 0.3 is 18.2 Å². The summed E-state index contributed by atoms with van der Waals surface area (Å²) in [6.45, 7) is -0.245. The van der Waals surface area contributed by atoms with Gasteiger partial charge in [-0.1, -0.05) is 30.3 Å². The predicted molar refractivity (Wildman–Crippen MR) is 68.9 cm³/mol. The van der Waals surface area contributed by atoms with E-state index in [4.69, 9.17) is 9.84 Å². The van der Waals surface area contributed by atoms with Crippen LogP contribution >= 0.6 is 0 Å². The van der Waals surface area contributed by atoms with Gasteiger partial charge in [0, 0.05) is 5.92 Å². The van der Waals surface area contributed by atoms with E-state index in [0.717, 1.165) is 0 Å². The third-order valence-corrected chi connectivity index (χ3v) is 3.49. The lowest BCUT2D eigenvalue weighted by Gasteiger charge is -2.32. The van der Waals surface area contributed by atoms with Crippen LogP contribution in [-0.4, -0.2) is 28.9 Å². The highest BCUT2D eigenvalue weighted by atomic mass is 19.4. The van der Waals surface area contributed by atoms with Crippen molar-refractivity contribution in [1.29, 1.82) is 0 Å². The largest absolute Gasteiger partial charge is 0.479 e. The van der Waals surface area contributed by atoms with E-state index in [-0.39, 0.29) is 19.4 Å². The number of alkyl halides is 3. The molecule has 0 bridgehead atoms. The first-order valence-corrected chi connectivity index (χ1v) is 6.56. The molecule has 0 heterocycles. The van der Waals surface area contributed by atoms with Gasteiger partial charge in [-0.2, -0.15) is 13.2 Å². The molecule has 0 aromatic heterocycles. The fraction of sp³-hybridized carbons (Fsp3) is 0.429. The lowest BCUT2D eigenvalue weighted by Crippen LogP contribution is -2.65. The molecule has 8 heteroatoms. The van der Waals surface area contributed by atoms with E-state index < -0.39 is 29.7 Å². The van der Waals surface area contributed by atoms with Crippen LogP contribution in [0.1, 0.15) is 18.4 Å². The number of aliphatic carboxylic acids is 1. The van der Waals surface area contributed by atoms with Crippen LogP contribution in [0.2, 0.25) is 0 Å². The summed E-state index contributed by atoms with van der Waals surface area (Å²) in [5.74, 6) is -3.30. The molecule has 1 aromatic carbocycles. The van der Waals surface area contributed by atoms with Gasteiger partial charge in [-0.15, -0.1) is 0 Å². The summed E-state index contributed by atoms with van der Waals surface area (Å²) in [4.78, 5) is 22.8. The Hall–Kier alpha value is -2.25. The average Bonchev–Trinajstić information content (AvgIpc) is 3.26. The first-order chi connectivity index (χ1) is 10.3. The molecule has 0 spiro atoms. The van der Waals surface area contributed by atoms with Gasteiger partial charge in [-0.25, -0.2) is 9.59 Å². The average molecular weight is 317 g/mol. The van der Waals surface area contributed by atoms with Crippen LogP contribution in [0.5, 0.6) is 0 Å². The molecule has 1 amide bonds. The predicted octanol–water partition coefficient (Wildman–Crippen LogP) is 2.71. The molecule has 1 fully saturated rings. The second-order valence-corrected chi connectivity index (χ2v) is 5.07. The van der Waals surface area contributed by atoms with Gasteiger partial charge in [0.25, 0.3) is 0 Å². The van der Waals surface area contributed by atoms with Crippen LogP contribution in [0.3, 0.4) is 0 Å². The molecular weight excluding hydrogens is 303 g/mol. The fourth-order valence-corrected chi connectivity index (χ4v) is 2.19. The van der Waals surface area contributed by atoms with Gasteiger partial charge in [0.05, 0.1) is 0 Å². The van der Waals surface area contributed by atoms with Crippen LogP contribution in [0, 0.1) is 5.92 Å². The topological polar surface area (TPSA) is 75.6 Å². The number of rotatable bonds is 5. The number of carbonyl (C=O) groups excluding carboxylic acids is 1. The van der Waals surface area contributed by atoms with E-state index in [1.165, 1.54) is 5.32 Å². The van der Waals surface area contributed by atoms with E-state index in [9.17, 15) is 22.8 Å². The number of halogens is 3. The monoisotopic (exact) mass is 317 g/mol. The third kappa shape index (κ3) is 3.15. The zero-order valence-corrected chi connectivity index (χ0v) is 11.4. The number of alkyl carbamates (subject to hydrolysis) is 1. The minimum Gasteiger partial charge on any atom is -0.479 e. The van der Waals surface area contributed by atoms with Crippen molar-refractivity contribution in [3.05, 3.63) is 35.9 Å². The minimum absolute atomic E-state index is 0.0881. The molecule has 5 nitrogen and oxygen atoms in total. The van der Waals surface area contributed by atoms with Gasteiger partial charge in [0.15, 0.2) is 0 Å². The van der Waals surface area contributed by atoms with E-state index in [1.807, 2.05) is 0 Å². The number of benzene rings is 1. The first-order valence-electron chi connectivity index (χ1n) is 6.56. The summed E-state index contributed by atoms with van der Waals surface area (Å²) in [7, 11) is 0. The highest BCUT2D eigenvalue weighted by Gasteiger charge is 2.69. The molecule has 120 valence electrons. The second kappa shape index (κ2) is 5.86.